The summed E-state index contributed by atoms with van der Waals surface area (Å²) in [6.07, 6.45) is 2.96. The van der Waals surface area contributed by atoms with E-state index in [0.29, 0.717) is 46.1 Å². The Kier molecular flexibility index (Phi) is 11.8. The summed E-state index contributed by atoms with van der Waals surface area (Å²) in [4.78, 5) is 22.7. The van der Waals surface area contributed by atoms with E-state index < -0.39 is 11.8 Å². The fourth-order valence-corrected chi connectivity index (χ4v) is 6.33. The highest BCUT2D eigenvalue weighted by Crippen LogP contribution is 2.37. The minimum atomic E-state index is -0.740. The van der Waals surface area contributed by atoms with Gasteiger partial charge in [0.25, 0.3) is 0 Å². The number of hydrogen-bond donors (Lipinski definition) is 0. The van der Waals surface area contributed by atoms with Crippen molar-refractivity contribution in [3.05, 3.63) is 126 Å². The van der Waals surface area contributed by atoms with Crippen molar-refractivity contribution in [2.24, 2.45) is 5.92 Å². The first-order chi connectivity index (χ1) is 24.3. The lowest BCUT2D eigenvalue weighted by Crippen LogP contribution is -2.51. The molecular weight excluding hydrogens is 632 g/mol. The van der Waals surface area contributed by atoms with Crippen LogP contribution in [0, 0.1) is 5.92 Å². The van der Waals surface area contributed by atoms with E-state index in [1.54, 1.807) is 11.4 Å². The van der Waals surface area contributed by atoms with Crippen molar-refractivity contribution in [3.8, 4) is 5.75 Å². The SMILES string of the molecule is CC(C)(C)OC(=O)ON1CC(Cn2cncn2)C(c2ccc(OCCCOCc3ccccc3)cc2)C(OCc2ccc3ccccc3c2)C1. The van der Waals surface area contributed by atoms with Crippen LogP contribution in [0.5, 0.6) is 5.75 Å². The molecule has 3 unspecified atom stereocenters. The van der Waals surface area contributed by atoms with Gasteiger partial charge >= 0.3 is 6.16 Å². The number of rotatable bonds is 14. The maximum Gasteiger partial charge on any atom is 0.528 e. The van der Waals surface area contributed by atoms with E-state index in [-0.39, 0.29) is 17.9 Å². The number of ether oxygens (including phenoxy) is 4. The second kappa shape index (κ2) is 16.8. The highest BCUT2D eigenvalue weighted by molar-refractivity contribution is 5.82. The highest BCUT2D eigenvalue weighted by Gasteiger charge is 2.41. The van der Waals surface area contributed by atoms with Gasteiger partial charge in [-0.2, -0.15) is 5.10 Å². The third-order valence-corrected chi connectivity index (χ3v) is 8.57. The average Bonchev–Trinajstić information content (AvgIpc) is 3.62. The van der Waals surface area contributed by atoms with E-state index in [1.807, 2.05) is 67.9 Å². The molecule has 10 nitrogen and oxygen atoms in total. The van der Waals surface area contributed by atoms with Crippen LogP contribution in [0.25, 0.3) is 10.8 Å². The van der Waals surface area contributed by atoms with Crippen molar-refractivity contribution in [3.63, 3.8) is 0 Å². The Hall–Kier alpha value is -4.77. The number of benzene rings is 4. The lowest BCUT2D eigenvalue weighted by Gasteiger charge is -2.42. The molecule has 50 heavy (non-hydrogen) atoms. The summed E-state index contributed by atoms with van der Waals surface area (Å²) in [5.41, 5.74) is 2.65. The summed E-state index contributed by atoms with van der Waals surface area (Å²) in [5, 5.41) is 8.39. The molecule has 1 aliphatic heterocycles. The van der Waals surface area contributed by atoms with E-state index >= 15 is 0 Å². The fraction of sp³-hybridized carbons (Fsp3) is 0.375. The van der Waals surface area contributed by atoms with Gasteiger partial charge in [0.1, 0.15) is 24.0 Å². The Morgan fingerprint density at radius 3 is 2.38 bits per heavy atom. The molecule has 1 fully saturated rings. The molecule has 0 aliphatic carbocycles. The van der Waals surface area contributed by atoms with Crippen LogP contribution in [0.3, 0.4) is 0 Å². The van der Waals surface area contributed by atoms with Crippen LogP contribution in [0.2, 0.25) is 0 Å². The standard InChI is InChI=1S/C40H46N4O6/c1-40(2,3)49-39(45)50-44-24-35(23-43-29-41-28-42-43)38(37(25-44)48-27-31-14-15-32-12-7-8-13-34(32)22-31)33-16-18-36(19-17-33)47-21-9-20-46-26-30-10-5-4-6-11-30/h4-8,10-19,22,28-29,35,37-38H,9,20-21,23-27H2,1-3H3. The van der Waals surface area contributed by atoms with Crippen molar-refractivity contribution in [2.45, 2.75) is 64.6 Å². The normalized spacial score (nSPS) is 18.2. The molecule has 2 heterocycles. The highest BCUT2D eigenvalue weighted by atomic mass is 16.8. The molecular formula is C40H46N4O6. The molecule has 10 heteroatoms. The summed E-state index contributed by atoms with van der Waals surface area (Å²) in [5.74, 6) is 0.713. The van der Waals surface area contributed by atoms with Crippen LogP contribution >= 0.6 is 0 Å². The number of hydrogen-bond acceptors (Lipinski definition) is 9. The minimum Gasteiger partial charge on any atom is -0.494 e. The minimum absolute atomic E-state index is 0.0389. The van der Waals surface area contributed by atoms with Gasteiger partial charge in [-0.05, 0) is 66.4 Å². The molecule has 0 spiro atoms. The number of aromatic nitrogens is 3. The number of piperidine rings is 1. The average molecular weight is 679 g/mol. The molecule has 5 aromatic rings. The second-order valence-electron chi connectivity index (χ2n) is 13.6. The topological polar surface area (TPSA) is 97.2 Å². The summed E-state index contributed by atoms with van der Waals surface area (Å²) in [6, 6.07) is 33.1. The van der Waals surface area contributed by atoms with Gasteiger partial charge in [-0.15, -0.1) is 5.06 Å². The zero-order chi connectivity index (χ0) is 34.8. The Morgan fingerprint density at radius 2 is 1.62 bits per heavy atom. The summed E-state index contributed by atoms with van der Waals surface area (Å²) in [6.45, 7) is 9.00. The number of carbonyl (C=O) groups is 1. The van der Waals surface area contributed by atoms with E-state index in [9.17, 15) is 4.79 Å². The molecule has 1 aliphatic rings. The van der Waals surface area contributed by atoms with Crippen LogP contribution in [0.4, 0.5) is 4.79 Å². The lowest BCUT2D eigenvalue weighted by atomic mass is 9.79. The van der Waals surface area contributed by atoms with Gasteiger partial charge in [0.05, 0.1) is 39.1 Å². The van der Waals surface area contributed by atoms with Gasteiger partial charge in [-0.25, -0.2) is 9.78 Å². The van der Waals surface area contributed by atoms with Crippen molar-refractivity contribution in [1.82, 2.24) is 19.8 Å². The first kappa shape index (κ1) is 35.1. The Balaban J connectivity index is 1.17. The van der Waals surface area contributed by atoms with Gasteiger partial charge in [-0.3, -0.25) is 4.68 Å². The molecule has 4 aromatic carbocycles. The van der Waals surface area contributed by atoms with Crippen LogP contribution in [-0.4, -0.2) is 64.0 Å². The smallest absolute Gasteiger partial charge is 0.494 e. The number of fused-ring (bicyclic) bond motifs is 1. The number of carbonyl (C=O) groups excluding carboxylic acids is 1. The van der Waals surface area contributed by atoms with Crippen LogP contribution in [0.15, 0.2) is 110 Å². The van der Waals surface area contributed by atoms with Gasteiger partial charge in [-0.1, -0.05) is 78.9 Å². The first-order valence-electron chi connectivity index (χ1n) is 17.2. The van der Waals surface area contributed by atoms with E-state index in [1.165, 1.54) is 11.7 Å². The maximum atomic E-state index is 12.8. The molecule has 0 bridgehead atoms. The Morgan fingerprint density at radius 1 is 0.840 bits per heavy atom. The number of nitrogens with zero attached hydrogens (tertiary/aromatic N) is 4. The zero-order valence-electron chi connectivity index (χ0n) is 29.0. The molecule has 0 N–H and O–H groups in total. The van der Waals surface area contributed by atoms with Gasteiger partial charge in [0, 0.05) is 31.3 Å². The van der Waals surface area contributed by atoms with Gasteiger partial charge in [0.15, 0.2) is 0 Å². The number of hydroxylamine groups is 2. The van der Waals surface area contributed by atoms with E-state index in [2.05, 4.69) is 64.7 Å². The monoisotopic (exact) mass is 678 g/mol. The second-order valence-corrected chi connectivity index (χ2v) is 13.6. The van der Waals surface area contributed by atoms with E-state index in [0.717, 1.165) is 34.2 Å². The van der Waals surface area contributed by atoms with Crippen molar-refractivity contribution < 1.29 is 28.6 Å². The zero-order valence-corrected chi connectivity index (χ0v) is 29.0. The van der Waals surface area contributed by atoms with Crippen molar-refractivity contribution in [2.75, 3.05) is 26.3 Å². The van der Waals surface area contributed by atoms with Crippen LogP contribution in [0.1, 0.15) is 49.8 Å². The Bertz CT molecular complexity index is 1780. The molecule has 6 rings (SSSR count). The first-order valence-corrected chi connectivity index (χ1v) is 17.2. The molecule has 1 aromatic heterocycles. The summed E-state index contributed by atoms with van der Waals surface area (Å²) >= 11 is 0. The summed E-state index contributed by atoms with van der Waals surface area (Å²) in [7, 11) is 0. The van der Waals surface area contributed by atoms with Crippen LogP contribution in [-0.2, 0) is 38.8 Å². The fourth-order valence-electron chi connectivity index (χ4n) is 6.33. The van der Waals surface area contributed by atoms with Crippen LogP contribution < -0.4 is 4.74 Å². The predicted molar refractivity (Wildman–Crippen MR) is 190 cm³/mol. The lowest BCUT2D eigenvalue weighted by molar-refractivity contribution is -0.192. The van der Waals surface area contributed by atoms with Gasteiger partial charge in [0.2, 0.25) is 0 Å². The third-order valence-electron chi connectivity index (χ3n) is 8.57. The largest absolute Gasteiger partial charge is 0.528 e. The third kappa shape index (κ3) is 10.1. The molecule has 262 valence electrons. The Labute approximate surface area is 293 Å². The van der Waals surface area contributed by atoms with E-state index in [4.69, 9.17) is 23.8 Å². The predicted octanol–water partition coefficient (Wildman–Crippen LogP) is 7.58. The molecule has 3 atom stereocenters. The maximum absolute atomic E-state index is 12.8. The molecule has 0 saturated carbocycles. The van der Waals surface area contributed by atoms with Gasteiger partial charge < -0.3 is 23.8 Å². The molecule has 1 saturated heterocycles. The van der Waals surface area contributed by atoms with Crippen molar-refractivity contribution >= 4 is 16.9 Å². The molecule has 0 radical (unpaired) electrons. The summed E-state index contributed by atoms with van der Waals surface area (Å²) < 4.78 is 25.9. The van der Waals surface area contributed by atoms with Crippen molar-refractivity contribution in [1.29, 1.82) is 0 Å². The quantitative estimate of drug-likeness (QED) is 0.0870. The molecule has 0 amide bonds.